The molecule has 0 radical (unpaired) electrons. The van der Waals surface area contributed by atoms with Gasteiger partial charge in [0.2, 0.25) is 10.0 Å². The molecule has 1 N–H and O–H groups in total. The second kappa shape index (κ2) is 7.44. The minimum atomic E-state index is -3.80. The van der Waals surface area contributed by atoms with Crippen molar-refractivity contribution in [2.45, 2.75) is 31.6 Å². The van der Waals surface area contributed by atoms with E-state index in [2.05, 4.69) is 20.7 Å². The molecule has 0 atom stereocenters. The number of benzene rings is 2. The number of nitrogens with zero attached hydrogens (tertiary/aromatic N) is 1. The maximum atomic E-state index is 12.9. The van der Waals surface area contributed by atoms with Gasteiger partial charge in [-0.2, -0.15) is 0 Å². The van der Waals surface area contributed by atoms with Crippen molar-refractivity contribution < 1.29 is 16.8 Å². The Morgan fingerprint density at radius 3 is 2.19 bits per heavy atom. The average Bonchev–Trinajstić information content (AvgIpc) is 2.55. The van der Waals surface area contributed by atoms with Crippen LogP contribution >= 0.6 is 15.9 Å². The summed E-state index contributed by atoms with van der Waals surface area (Å²) in [6, 6.07) is 10.1. The number of hydrogen-bond donors (Lipinski definition) is 1. The summed E-state index contributed by atoms with van der Waals surface area (Å²) in [7, 11) is -7.14. The summed E-state index contributed by atoms with van der Waals surface area (Å²) in [6.07, 6.45) is 1.45. The Morgan fingerprint density at radius 2 is 1.63 bits per heavy atom. The largest absolute Gasteiger partial charge is 0.280 e. The van der Waals surface area contributed by atoms with Crippen LogP contribution in [-0.4, -0.2) is 29.1 Å². The lowest BCUT2D eigenvalue weighted by Gasteiger charge is -2.29. The van der Waals surface area contributed by atoms with Gasteiger partial charge in [0.1, 0.15) is 0 Å². The molecule has 0 bridgehead atoms. The van der Waals surface area contributed by atoms with Crippen LogP contribution in [0.3, 0.4) is 0 Å². The molecule has 27 heavy (non-hydrogen) atoms. The molecule has 0 saturated carbocycles. The standard InChI is InChI=1S/C18H21BrN2O4S2/c1-13-11-17(21-9-3-4-10-26(21,22)23)12-14(2)18(13)27(24,25)20-16-7-5-15(19)6-8-16/h5-8,11-12,20H,3-4,9-10H2,1-2H3. The summed E-state index contributed by atoms with van der Waals surface area (Å²) in [4.78, 5) is 0.170. The third-order valence-corrected chi connectivity index (χ3v) is 8.53. The van der Waals surface area contributed by atoms with Crippen molar-refractivity contribution in [3.8, 4) is 0 Å². The van der Waals surface area contributed by atoms with E-state index in [1.165, 1.54) is 4.31 Å². The van der Waals surface area contributed by atoms with Gasteiger partial charge < -0.3 is 0 Å². The van der Waals surface area contributed by atoms with E-state index in [0.717, 1.165) is 10.9 Å². The van der Waals surface area contributed by atoms with Crippen LogP contribution in [0.4, 0.5) is 11.4 Å². The predicted molar refractivity (Wildman–Crippen MR) is 111 cm³/mol. The van der Waals surface area contributed by atoms with Crippen LogP contribution in [0.5, 0.6) is 0 Å². The molecule has 1 aliphatic heterocycles. The minimum Gasteiger partial charge on any atom is -0.280 e. The first-order chi connectivity index (χ1) is 12.6. The van der Waals surface area contributed by atoms with Gasteiger partial charge in [-0.15, -0.1) is 0 Å². The highest BCUT2D eigenvalue weighted by Gasteiger charge is 2.28. The lowest BCUT2D eigenvalue weighted by atomic mass is 10.1. The van der Waals surface area contributed by atoms with Gasteiger partial charge in [0.25, 0.3) is 10.0 Å². The molecule has 0 aliphatic carbocycles. The van der Waals surface area contributed by atoms with Gasteiger partial charge in [0, 0.05) is 16.7 Å². The molecular formula is C18H21BrN2O4S2. The predicted octanol–water partition coefficient (Wildman–Crippen LogP) is 3.80. The monoisotopic (exact) mass is 472 g/mol. The van der Waals surface area contributed by atoms with Crippen molar-refractivity contribution in [3.05, 3.63) is 52.0 Å². The highest BCUT2D eigenvalue weighted by Crippen LogP contribution is 2.31. The van der Waals surface area contributed by atoms with E-state index >= 15 is 0 Å². The molecular weight excluding hydrogens is 452 g/mol. The minimum absolute atomic E-state index is 0.121. The third-order valence-electron chi connectivity index (χ3n) is 4.45. The maximum Gasteiger partial charge on any atom is 0.262 e. The smallest absolute Gasteiger partial charge is 0.262 e. The maximum absolute atomic E-state index is 12.9. The summed E-state index contributed by atoms with van der Waals surface area (Å²) in [6.45, 7) is 3.79. The molecule has 1 fully saturated rings. The Labute approximate surface area is 168 Å². The fourth-order valence-electron chi connectivity index (χ4n) is 3.30. The van der Waals surface area contributed by atoms with Gasteiger partial charge >= 0.3 is 0 Å². The lowest BCUT2D eigenvalue weighted by molar-refractivity contribution is 0.574. The highest BCUT2D eigenvalue weighted by atomic mass is 79.9. The molecule has 2 aromatic rings. The van der Waals surface area contributed by atoms with Crippen LogP contribution in [0.1, 0.15) is 24.0 Å². The molecule has 6 nitrogen and oxygen atoms in total. The number of anilines is 2. The van der Waals surface area contributed by atoms with Crippen LogP contribution in [0.15, 0.2) is 45.8 Å². The Hall–Kier alpha value is -1.58. The number of aryl methyl sites for hydroxylation is 2. The van der Waals surface area contributed by atoms with Crippen molar-refractivity contribution in [1.29, 1.82) is 0 Å². The summed E-state index contributed by atoms with van der Waals surface area (Å²) in [5.41, 5.74) is 2.00. The molecule has 1 saturated heterocycles. The first kappa shape index (κ1) is 20.2. The Balaban J connectivity index is 1.98. The molecule has 3 rings (SSSR count). The van der Waals surface area contributed by atoms with Crippen molar-refractivity contribution in [1.82, 2.24) is 0 Å². The summed E-state index contributed by atoms with van der Waals surface area (Å²) in [5, 5.41) is 0. The van der Waals surface area contributed by atoms with Gasteiger partial charge in [-0.3, -0.25) is 9.03 Å². The zero-order chi connectivity index (χ0) is 19.8. The Bertz CT molecular complexity index is 1040. The van der Waals surface area contributed by atoms with Gasteiger partial charge in [-0.05, 0) is 74.2 Å². The van der Waals surface area contributed by atoms with Crippen LogP contribution in [-0.2, 0) is 20.0 Å². The highest BCUT2D eigenvalue weighted by molar-refractivity contribution is 9.10. The molecule has 0 amide bonds. The normalized spacial score (nSPS) is 16.9. The molecule has 0 spiro atoms. The van der Waals surface area contributed by atoms with E-state index in [1.807, 2.05) is 0 Å². The summed E-state index contributed by atoms with van der Waals surface area (Å²) in [5.74, 6) is 0.121. The molecule has 146 valence electrons. The summed E-state index contributed by atoms with van der Waals surface area (Å²) < 4.78 is 55.3. The van der Waals surface area contributed by atoms with E-state index in [4.69, 9.17) is 0 Å². The van der Waals surface area contributed by atoms with Crippen molar-refractivity contribution >= 4 is 47.4 Å². The molecule has 0 aromatic heterocycles. The first-order valence-electron chi connectivity index (χ1n) is 8.50. The third kappa shape index (κ3) is 4.30. The fraction of sp³-hybridized carbons (Fsp3) is 0.333. The molecule has 1 heterocycles. The SMILES string of the molecule is Cc1cc(N2CCCCS2(=O)=O)cc(C)c1S(=O)(=O)Nc1ccc(Br)cc1. The quantitative estimate of drug-likeness (QED) is 0.733. The molecule has 0 unspecified atom stereocenters. The fourth-order valence-corrected chi connectivity index (χ4v) is 6.70. The zero-order valence-corrected chi connectivity index (χ0v) is 18.3. The van der Waals surface area contributed by atoms with Crippen LogP contribution in [0.2, 0.25) is 0 Å². The van der Waals surface area contributed by atoms with Gasteiger partial charge in [-0.25, -0.2) is 16.8 Å². The Kier molecular flexibility index (Phi) is 5.56. The lowest BCUT2D eigenvalue weighted by Crippen LogP contribution is -2.38. The van der Waals surface area contributed by atoms with E-state index in [0.29, 0.717) is 35.5 Å². The van der Waals surface area contributed by atoms with Crippen molar-refractivity contribution in [2.24, 2.45) is 0 Å². The number of sulfonamides is 2. The number of halogens is 1. The summed E-state index contributed by atoms with van der Waals surface area (Å²) >= 11 is 3.32. The second-order valence-electron chi connectivity index (χ2n) is 6.62. The number of nitrogens with one attached hydrogen (secondary N) is 1. The van der Waals surface area contributed by atoms with Gasteiger partial charge in [0.15, 0.2) is 0 Å². The van der Waals surface area contributed by atoms with E-state index in [9.17, 15) is 16.8 Å². The second-order valence-corrected chi connectivity index (χ2v) is 11.2. The molecule has 2 aromatic carbocycles. The van der Waals surface area contributed by atoms with E-state index in [1.54, 1.807) is 50.2 Å². The number of hydrogen-bond acceptors (Lipinski definition) is 4. The van der Waals surface area contributed by atoms with Gasteiger partial charge in [-0.1, -0.05) is 15.9 Å². The van der Waals surface area contributed by atoms with Crippen LogP contribution in [0, 0.1) is 13.8 Å². The van der Waals surface area contributed by atoms with Crippen molar-refractivity contribution in [2.75, 3.05) is 21.3 Å². The average molecular weight is 473 g/mol. The van der Waals surface area contributed by atoms with Crippen molar-refractivity contribution in [3.63, 3.8) is 0 Å². The van der Waals surface area contributed by atoms with Crippen LogP contribution < -0.4 is 9.03 Å². The van der Waals surface area contributed by atoms with E-state index in [-0.39, 0.29) is 10.6 Å². The van der Waals surface area contributed by atoms with E-state index < -0.39 is 20.0 Å². The number of rotatable bonds is 4. The zero-order valence-electron chi connectivity index (χ0n) is 15.1. The van der Waals surface area contributed by atoms with Crippen LogP contribution in [0.25, 0.3) is 0 Å². The topological polar surface area (TPSA) is 83.6 Å². The molecule has 1 aliphatic rings. The molecule has 9 heteroatoms. The van der Waals surface area contributed by atoms with Gasteiger partial charge in [0.05, 0.1) is 16.3 Å². The Morgan fingerprint density at radius 1 is 1.04 bits per heavy atom. The first-order valence-corrected chi connectivity index (χ1v) is 12.4.